The van der Waals surface area contributed by atoms with Gasteiger partial charge in [0.25, 0.3) is 0 Å². The number of fused-ring (bicyclic) bond motifs is 1. The molecule has 4 aromatic rings. The summed E-state index contributed by atoms with van der Waals surface area (Å²) in [6.07, 6.45) is -0.920. The zero-order chi connectivity index (χ0) is 22.8. The number of hydrogen-bond acceptors (Lipinski definition) is 4. The van der Waals surface area contributed by atoms with Gasteiger partial charge in [0.2, 0.25) is 5.78 Å². The number of Topliss-reactive ketones (excluding diaryl/α,β-unsaturated/α-hetero) is 1. The summed E-state index contributed by atoms with van der Waals surface area (Å²) in [5, 5.41) is 0.653. The first-order chi connectivity index (χ1) is 15.3. The average Bonchev–Trinajstić information content (AvgIpc) is 2.78. The minimum atomic E-state index is -0.920. The SMILES string of the molecule is Cc1ccc(C(=O)[C@H](C)OC(=O)c2cc(-c3ccc(Br)cc3)nc3ccc(Br)cc23)cc1. The van der Waals surface area contributed by atoms with Crippen LogP contribution in [0, 0.1) is 6.92 Å². The zero-order valence-electron chi connectivity index (χ0n) is 17.4. The molecule has 0 spiro atoms. The number of aromatic nitrogens is 1. The van der Waals surface area contributed by atoms with Gasteiger partial charge in [-0.05, 0) is 50.2 Å². The van der Waals surface area contributed by atoms with Crippen molar-refractivity contribution in [1.82, 2.24) is 4.98 Å². The second kappa shape index (κ2) is 9.35. The summed E-state index contributed by atoms with van der Waals surface area (Å²) in [5.74, 6) is -0.812. The number of rotatable bonds is 5. The quantitative estimate of drug-likeness (QED) is 0.194. The molecule has 0 N–H and O–H groups in total. The van der Waals surface area contributed by atoms with E-state index in [9.17, 15) is 9.59 Å². The summed E-state index contributed by atoms with van der Waals surface area (Å²) in [6, 6.07) is 22.2. The van der Waals surface area contributed by atoms with E-state index in [2.05, 4.69) is 31.9 Å². The predicted octanol–water partition coefficient (Wildman–Crippen LogP) is 7.16. The van der Waals surface area contributed by atoms with Crippen molar-refractivity contribution < 1.29 is 14.3 Å². The maximum absolute atomic E-state index is 13.2. The molecule has 0 unspecified atom stereocenters. The van der Waals surface area contributed by atoms with Crippen molar-refractivity contribution in [2.75, 3.05) is 0 Å². The van der Waals surface area contributed by atoms with Crippen molar-refractivity contribution in [1.29, 1.82) is 0 Å². The first kappa shape index (κ1) is 22.4. The number of ether oxygens (including phenoxy) is 1. The molecule has 3 aromatic carbocycles. The summed E-state index contributed by atoms with van der Waals surface area (Å²) in [7, 11) is 0. The summed E-state index contributed by atoms with van der Waals surface area (Å²) in [5.41, 5.74) is 4.11. The molecule has 160 valence electrons. The van der Waals surface area contributed by atoms with Gasteiger partial charge in [-0.2, -0.15) is 0 Å². The molecule has 0 aliphatic carbocycles. The normalized spacial score (nSPS) is 11.9. The number of benzene rings is 3. The molecule has 1 aromatic heterocycles. The van der Waals surface area contributed by atoms with Crippen molar-refractivity contribution in [3.63, 3.8) is 0 Å². The van der Waals surface area contributed by atoms with Crippen molar-refractivity contribution in [2.45, 2.75) is 20.0 Å². The van der Waals surface area contributed by atoms with E-state index >= 15 is 0 Å². The molecule has 1 atom stereocenters. The molecule has 1 heterocycles. The summed E-state index contributed by atoms with van der Waals surface area (Å²) >= 11 is 6.89. The Morgan fingerprint density at radius 2 is 1.53 bits per heavy atom. The number of esters is 1. The molecule has 0 amide bonds. The Hall–Kier alpha value is -2.83. The molecule has 4 nitrogen and oxygen atoms in total. The fourth-order valence-corrected chi connectivity index (χ4v) is 3.99. The van der Waals surface area contributed by atoms with E-state index in [4.69, 9.17) is 9.72 Å². The van der Waals surface area contributed by atoms with Gasteiger partial charge in [-0.25, -0.2) is 9.78 Å². The molecule has 0 aliphatic rings. The van der Waals surface area contributed by atoms with Crippen LogP contribution >= 0.6 is 31.9 Å². The Bertz CT molecular complexity index is 1320. The number of carbonyl (C=O) groups is 2. The van der Waals surface area contributed by atoms with Crippen LogP contribution in [0.25, 0.3) is 22.2 Å². The lowest BCUT2D eigenvalue weighted by Gasteiger charge is -2.15. The minimum Gasteiger partial charge on any atom is -0.451 e. The average molecular weight is 553 g/mol. The van der Waals surface area contributed by atoms with E-state index in [0.717, 1.165) is 20.1 Å². The van der Waals surface area contributed by atoms with Crippen molar-refractivity contribution >= 4 is 54.5 Å². The Labute approximate surface area is 202 Å². The number of ketones is 1. The van der Waals surface area contributed by atoms with Gasteiger partial charge < -0.3 is 4.74 Å². The topological polar surface area (TPSA) is 56.3 Å². The van der Waals surface area contributed by atoms with Crippen LogP contribution in [0.4, 0.5) is 0 Å². The van der Waals surface area contributed by atoms with Gasteiger partial charge >= 0.3 is 5.97 Å². The van der Waals surface area contributed by atoms with E-state index in [-0.39, 0.29) is 5.78 Å². The number of halogens is 2. The monoisotopic (exact) mass is 551 g/mol. The molecular formula is C26H19Br2NO3. The lowest BCUT2D eigenvalue weighted by Crippen LogP contribution is -2.24. The molecule has 0 saturated heterocycles. The number of carbonyl (C=O) groups excluding carboxylic acids is 2. The minimum absolute atomic E-state index is 0.244. The maximum atomic E-state index is 13.2. The highest BCUT2D eigenvalue weighted by Gasteiger charge is 2.23. The first-order valence-electron chi connectivity index (χ1n) is 10.00. The lowest BCUT2D eigenvalue weighted by atomic mass is 10.0. The van der Waals surface area contributed by atoms with Gasteiger partial charge in [0.05, 0.1) is 16.8 Å². The highest BCUT2D eigenvalue weighted by atomic mass is 79.9. The first-order valence-corrected chi connectivity index (χ1v) is 11.6. The van der Waals surface area contributed by atoms with Crippen LogP contribution in [0.15, 0.2) is 81.7 Å². The largest absolute Gasteiger partial charge is 0.451 e. The molecule has 0 radical (unpaired) electrons. The third-order valence-electron chi connectivity index (χ3n) is 5.12. The molecule has 4 rings (SSSR count). The van der Waals surface area contributed by atoms with Gasteiger partial charge in [-0.3, -0.25) is 4.79 Å². The third kappa shape index (κ3) is 4.81. The fraction of sp³-hybridized carbons (Fsp3) is 0.115. The van der Waals surface area contributed by atoms with Crippen LogP contribution < -0.4 is 0 Å². The second-order valence-electron chi connectivity index (χ2n) is 7.50. The van der Waals surface area contributed by atoms with Gasteiger partial charge in [-0.15, -0.1) is 0 Å². The molecule has 0 aliphatic heterocycles. The van der Waals surface area contributed by atoms with Crippen molar-refractivity contribution in [2.24, 2.45) is 0 Å². The second-order valence-corrected chi connectivity index (χ2v) is 9.33. The van der Waals surface area contributed by atoms with E-state index in [1.807, 2.05) is 61.5 Å². The number of nitrogens with zero attached hydrogens (tertiary/aromatic N) is 1. The smallest absolute Gasteiger partial charge is 0.339 e. The van der Waals surface area contributed by atoms with Gasteiger partial charge in [0.15, 0.2) is 6.10 Å². The van der Waals surface area contributed by atoms with E-state index in [1.165, 1.54) is 0 Å². The molecule has 0 bridgehead atoms. The molecule has 6 heteroatoms. The van der Waals surface area contributed by atoms with Crippen LogP contribution in [0.5, 0.6) is 0 Å². The number of aryl methyl sites for hydroxylation is 1. The van der Waals surface area contributed by atoms with E-state index < -0.39 is 12.1 Å². The van der Waals surface area contributed by atoms with Crippen LogP contribution in [-0.4, -0.2) is 22.8 Å². The zero-order valence-corrected chi connectivity index (χ0v) is 20.6. The van der Waals surface area contributed by atoms with E-state index in [1.54, 1.807) is 25.1 Å². The molecule has 0 saturated carbocycles. The number of hydrogen-bond donors (Lipinski definition) is 0. The van der Waals surface area contributed by atoms with Crippen molar-refractivity contribution in [3.05, 3.63) is 98.4 Å². The Balaban J connectivity index is 1.70. The standard InChI is InChI=1S/C26H19Br2NO3/c1-15-3-5-18(6-4-15)25(30)16(2)32-26(31)22-14-24(17-7-9-19(27)10-8-17)29-23-12-11-20(28)13-21(22)23/h3-14,16H,1-2H3/t16-/m0/s1. The molecule has 0 fully saturated rings. The van der Waals surface area contributed by atoms with Crippen LogP contribution in [0.1, 0.15) is 33.2 Å². The highest BCUT2D eigenvalue weighted by molar-refractivity contribution is 9.10. The summed E-state index contributed by atoms with van der Waals surface area (Å²) < 4.78 is 7.37. The van der Waals surface area contributed by atoms with E-state index in [0.29, 0.717) is 27.7 Å². The van der Waals surface area contributed by atoms with Crippen LogP contribution in [-0.2, 0) is 4.74 Å². The predicted molar refractivity (Wildman–Crippen MR) is 133 cm³/mol. The Kier molecular flexibility index (Phi) is 6.53. The van der Waals surface area contributed by atoms with Gasteiger partial charge in [-0.1, -0.05) is 73.8 Å². The van der Waals surface area contributed by atoms with Gasteiger partial charge in [0, 0.05) is 25.5 Å². The Morgan fingerprint density at radius 1 is 0.875 bits per heavy atom. The Morgan fingerprint density at radius 3 is 2.22 bits per heavy atom. The summed E-state index contributed by atoms with van der Waals surface area (Å²) in [4.78, 5) is 30.7. The molecular weight excluding hydrogens is 534 g/mol. The fourth-order valence-electron chi connectivity index (χ4n) is 3.37. The van der Waals surface area contributed by atoms with Crippen LogP contribution in [0.2, 0.25) is 0 Å². The maximum Gasteiger partial charge on any atom is 0.339 e. The lowest BCUT2D eigenvalue weighted by molar-refractivity contribution is 0.0320. The van der Waals surface area contributed by atoms with Crippen molar-refractivity contribution in [3.8, 4) is 11.3 Å². The van der Waals surface area contributed by atoms with Gasteiger partial charge in [0.1, 0.15) is 0 Å². The number of pyridine rings is 1. The van der Waals surface area contributed by atoms with Crippen LogP contribution in [0.3, 0.4) is 0 Å². The third-order valence-corrected chi connectivity index (χ3v) is 6.14. The summed E-state index contributed by atoms with van der Waals surface area (Å²) in [6.45, 7) is 3.54. The highest BCUT2D eigenvalue weighted by Crippen LogP contribution is 2.29. The molecule has 32 heavy (non-hydrogen) atoms.